The van der Waals surface area contributed by atoms with Crippen molar-refractivity contribution < 1.29 is 9.53 Å². The summed E-state index contributed by atoms with van der Waals surface area (Å²) in [6.45, 7) is 5.72. The SMILES string of the molecule is CCCOCC(=O)N1CCNCC1CN. The summed E-state index contributed by atoms with van der Waals surface area (Å²) >= 11 is 0. The molecule has 3 N–H and O–H groups in total. The van der Waals surface area contributed by atoms with Crippen molar-refractivity contribution in [2.24, 2.45) is 5.73 Å². The number of hydrogen-bond acceptors (Lipinski definition) is 4. The van der Waals surface area contributed by atoms with Crippen LogP contribution < -0.4 is 11.1 Å². The van der Waals surface area contributed by atoms with E-state index < -0.39 is 0 Å². The Labute approximate surface area is 90.9 Å². The highest BCUT2D eigenvalue weighted by atomic mass is 16.5. The first-order valence-electron chi connectivity index (χ1n) is 5.57. The molecule has 1 aliphatic rings. The molecule has 15 heavy (non-hydrogen) atoms. The van der Waals surface area contributed by atoms with E-state index in [0.717, 1.165) is 26.1 Å². The molecule has 1 atom stereocenters. The van der Waals surface area contributed by atoms with Gasteiger partial charge in [-0.05, 0) is 6.42 Å². The molecular weight excluding hydrogens is 194 g/mol. The normalized spacial score (nSPS) is 21.7. The Morgan fingerprint density at radius 1 is 1.67 bits per heavy atom. The van der Waals surface area contributed by atoms with Gasteiger partial charge < -0.3 is 20.7 Å². The fraction of sp³-hybridized carbons (Fsp3) is 0.900. The molecule has 0 radical (unpaired) electrons. The summed E-state index contributed by atoms with van der Waals surface area (Å²) in [5.41, 5.74) is 5.61. The molecule has 1 aliphatic heterocycles. The molecule has 1 rings (SSSR count). The molecule has 0 saturated carbocycles. The Hall–Kier alpha value is -0.650. The fourth-order valence-electron chi connectivity index (χ4n) is 1.69. The van der Waals surface area contributed by atoms with Gasteiger partial charge in [0.25, 0.3) is 0 Å². The van der Waals surface area contributed by atoms with Crippen LogP contribution in [-0.2, 0) is 9.53 Å². The Bertz CT molecular complexity index is 199. The predicted molar refractivity (Wildman–Crippen MR) is 58.5 cm³/mol. The third-order valence-electron chi connectivity index (χ3n) is 2.52. The van der Waals surface area contributed by atoms with E-state index in [4.69, 9.17) is 10.5 Å². The molecule has 5 heteroatoms. The number of nitrogens with one attached hydrogen (secondary N) is 1. The van der Waals surface area contributed by atoms with Crippen molar-refractivity contribution in [2.45, 2.75) is 19.4 Å². The van der Waals surface area contributed by atoms with Crippen LogP contribution in [0.15, 0.2) is 0 Å². The van der Waals surface area contributed by atoms with E-state index in [0.29, 0.717) is 13.2 Å². The lowest BCUT2D eigenvalue weighted by Crippen LogP contribution is -2.57. The van der Waals surface area contributed by atoms with Crippen molar-refractivity contribution in [1.82, 2.24) is 10.2 Å². The number of piperazine rings is 1. The largest absolute Gasteiger partial charge is 0.372 e. The summed E-state index contributed by atoms with van der Waals surface area (Å²) in [6.07, 6.45) is 0.940. The fourth-order valence-corrected chi connectivity index (χ4v) is 1.69. The van der Waals surface area contributed by atoms with Gasteiger partial charge in [-0.2, -0.15) is 0 Å². The van der Waals surface area contributed by atoms with Gasteiger partial charge in [-0.3, -0.25) is 4.79 Å². The average molecular weight is 215 g/mol. The molecule has 88 valence electrons. The van der Waals surface area contributed by atoms with E-state index in [9.17, 15) is 4.79 Å². The number of ether oxygens (including phenoxy) is 1. The van der Waals surface area contributed by atoms with Crippen LogP contribution in [0.4, 0.5) is 0 Å². The monoisotopic (exact) mass is 215 g/mol. The Balaban J connectivity index is 2.34. The number of carbonyl (C=O) groups is 1. The van der Waals surface area contributed by atoms with Gasteiger partial charge >= 0.3 is 0 Å². The van der Waals surface area contributed by atoms with Gasteiger partial charge in [-0.25, -0.2) is 0 Å². The highest BCUT2D eigenvalue weighted by molar-refractivity contribution is 5.78. The second kappa shape index (κ2) is 6.76. The maximum atomic E-state index is 11.8. The summed E-state index contributed by atoms with van der Waals surface area (Å²) in [7, 11) is 0. The van der Waals surface area contributed by atoms with E-state index >= 15 is 0 Å². The third-order valence-corrected chi connectivity index (χ3v) is 2.52. The standard InChI is InChI=1S/C10H21N3O2/c1-2-5-15-8-10(14)13-4-3-12-7-9(13)6-11/h9,12H,2-8,11H2,1H3. The topological polar surface area (TPSA) is 67.6 Å². The van der Waals surface area contributed by atoms with Crippen molar-refractivity contribution in [1.29, 1.82) is 0 Å². The summed E-state index contributed by atoms with van der Waals surface area (Å²) in [5, 5.41) is 3.22. The summed E-state index contributed by atoms with van der Waals surface area (Å²) < 4.78 is 5.24. The minimum atomic E-state index is 0.0559. The lowest BCUT2D eigenvalue weighted by Gasteiger charge is -2.35. The van der Waals surface area contributed by atoms with Gasteiger partial charge in [0, 0.05) is 32.8 Å². The highest BCUT2D eigenvalue weighted by Gasteiger charge is 2.24. The maximum absolute atomic E-state index is 11.8. The minimum absolute atomic E-state index is 0.0559. The summed E-state index contributed by atoms with van der Waals surface area (Å²) in [6, 6.07) is 0.122. The summed E-state index contributed by atoms with van der Waals surface area (Å²) in [5.74, 6) is 0.0559. The van der Waals surface area contributed by atoms with Gasteiger partial charge in [-0.15, -0.1) is 0 Å². The molecule has 1 saturated heterocycles. The van der Waals surface area contributed by atoms with Crippen LogP contribution in [0, 0.1) is 0 Å². The second-order valence-electron chi connectivity index (χ2n) is 3.73. The first kappa shape index (κ1) is 12.4. The van der Waals surface area contributed by atoms with Crippen LogP contribution in [0.3, 0.4) is 0 Å². The first-order valence-corrected chi connectivity index (χ1v) is 5.57. The van der Waals surface area contributed by atoms with Gasteiger partial charge in [-0.1, -0.05) is 6.92 Å². The average Bonchev–Trinajstić information content (AvgIpc) is 2.29. The number of amides is 1. The smallest absolute Gasteiger partial charge is 0.248 e. The maximum Gasteiger partial charge on any atom is 0.248 e. The van der Waals surface area contributed by atoms with Crippen molar-refractivity contribution in [3.63, 3.8) is 0 Å². The van der Waals surface area contributed by atoms with Crippen LogP contribution >= 0.6 is 0 Å². The lowest BCUT2D eigenvalue weighted by atomic mass is 10.2. The lowest BCUT2D eigenvalue weighted by molar-refractivity contribution is -0.139. The molecule has 0 spiro atoms. The molecule has 1 unspecified atom stereocenters. The van der Waals surface area contributed by atoms with Crippen molar-refractivity contribution in [3.8, 4) is 0 Å². The summed E-state index contributed by atoms with van der Waals surface area (Å²) in [4.78, 5) is 13.6. The molecule has 0 aliphatic carbocycles. The number of nitrogens with two attached hydrogens (primary N) is 1. The van der Waals surface area contributed by atoms with E-state index in [1.807, 2.05) is 11.8 Å². The Kier molecular flexibility index (Phi) is 5.60. The molecule has 1 heterocycles. The predicted octanol–water partition coefficient (Wildman–Crippen LogP) is -0.828. The van der Waals surface area contributed by atoms with Gasteiger partial charge in [0.05, 0.1) is 6.04 Å². The Morgan fingerprint density at radius 2 is 2.47 bits per heavy atom. The van der Waals surface area contributed by atoms with Gasteiger partial charge in [0.15, 0.2) is 0 Å². The van der Waals surface area contributed by atoms with Gasteiger partial charge in [0.2, 0.25) is 5.91 Å². The number of hydrogen-bond donors (Lipinski definition) is 2. The van der Waals surface area contributed by atoms with E-state index in [1.165, 1.54) is 0 Å². The van der Waals surface area contributed by atoms with Crippen molar-refractivity contribution >= 4 is 5.91 Å². The van der Waals surface area contributed by atoms with Crippen molar-refractivity contribution in [2.75, 3.05) is 39.4 Å². The highest BCUT2D eigenvalue weighted by Crippen LogP contribution is 2.02. The van der Waals surface area contributed by atoms with Crippen LogP contribution in [0.2, 0.25) is 0 Å². The molecule has 5 nitrogen and oxygen atoms in total. The quantitative estimate of drug-likeness (QED) is 0.588. The molecule has 0 bridgehead atoms. The third kappa shape index (κ3) is 3.77. The van der Waals surface area contributed by atoms with Crippen LogP contribution in [0.1, 0.15) is 13.3 Å². The van der Waals surface area contributed by atoms with Gasteiger partial charge in [0.1, 0.15) is 6.61 Å². The van der Waals surface area contributed by atoms with E-state index in [-0.39, 0.29) is 18.6 Å². The van der Waals surface area contributed by atoms with E-state index in [1.54, 1.807) is 0 Å². The van der Waals surface area contributed by atoms with Crippen LogP contribution in [0.25, 0.3) is 0 Å². The zero-order valence-corrected chi connectivity index (χ0v) is 9.37. The molecule has 1 fully saturated rings. The Morgan fingerprint density at radius 3 is 3.13 bits per heavy atom. The molecule has 1 amide bonds. The number of rotatable bonds is 5. The molecule has 0 aromatic heterocycles. The van der Waals surface area contributed by atoms with Crippen LogP contribution in [0.5, 0.6) is 0 Å². The van der Waals surface area contributed by atoms with Crippen LogP contribution in [-0.4, -0.2) is 56.2 Å². The second-order valence-corrected chi connectivity index (χ2v) is 3.73. The number of nitrogens with zero attached hydrogens (tertiary/aromatic N) is 1. The number of carbonyl (C=O) groups excluding carboxylic acids is 1. The molecule has 0 aromatic rings. The zero-order chi connectivity index (χ0) is 11.1. The molecular formula is C10H21N3O2. The molecule has 0 aromatic carbocycles. The van der Waals surface area contributed by atoms with E-state index in [2.05, 4.69) is 5.32 Å². The zero-order valence-electron chi connectivity index (χ0n) is 9.37. The van der Waals surface area contributed by atoms with Crippen molar-refractivity contribution in [3.05, 3.63) is 0 Å². The first-order chi connectivity index (χ1) is 7.29. The minimum Gasteiger partial charge on any atom is -0.372 e.